The second-order valence-electron chi connectivity index (χ2n) is 4.22. The molecule has 0 bridgehead atoms. The van der Waals surface area contributed by atoms with Gasteiger partial charge in [0.1, 0.15) is 5.75 Å². The zero-order valence-corrected chi connectivity index (χ0v) is 11.3. The zero-order chi connectivity index (χ0) is 12.7. The quantitative estimate of drug-likeness (QED) is 0.735. The average Bonchev–Trinajstić information content (AvgIpc) is 2.34. The van der Waals surface area contributed by atoms with Crippen LogP contribution < -0.4 is 4.74 Å². The highest BCUT2D eigenvalue weighted by Gasteiger charge is 2.16. The van der Waals surface area contributed by atoms with E-state index in [1.165, 1.54) is 12.8 Å². The Balaban J connectivity index is 2.64. The van der Waals surface area contributed by atoms with E-state index in [0.29, 0.717) is 16.3 Å². The van der Waals surface area contributed by atoms with Crippen LogP contribution >= 0.6 is 11.6 Å². The fourth-order valence-corrected chi connectivity index (χ4v) is 2.22. The maximum atomic E-state index is 10.1. The molecule has 0 heterocycles. The van der Waals surface area contributed by atoms with E-state index in [0.717, 1.165) is 19.3 Å². The summed E-state index contributed by atoms with van der Waals surface area (Å²) in [4.78, 5) is 0. The molecule has 3 heteroatoms. The van der Waals surface area contributed by atoms with E-state index in [9.17, 15) is 5.11 Å². The van der Waals surface area contributed by atoms with Crippen molar-refractivity contribution < 1.29 is 9.84 Å². The molecule has 1 N–H and O–H groups in total. The lowest BCUT2D eigenvalue weighted by molar-refractivity contribution is 0.159. The lowest BCUT2D eigenvalue weighted by Crippen LogP contribution is -2.01. The van der Waals surface area contributed by atoms with E-state index in [1.54, 1.807) is 13.2 Å². The van der Waals surface area contributed by atoms with Gasteiger partial charge in [0.05, 0.1) is 18.2 Å². The Morgan fingerprint density at radius 2 is 2.06 bits per heavy atom. The first-order chi connectivity index (χ1) is 8.20. The molecule has 17 heavy (non-hydrogen) atoms. The summed E-state index contributed by atoms with van der Waals surface area (Å²) in [7, 11) is 1.60. The van der Waals surface area contributed by atoms with Crippen molar-refractivity contribution in [2.24, 2.45) is 0 Å². The van der Waals surface area contributed by atoms with Crippen LogP contribution in [-0.4, -0.2) is 12.2 Å². The molecule has 2 nitrogen and oxygen atoms in total. The summed E-state index contributed by atoms with van der Waals surface area (Å²) in [5.41, 5.74) is 0.716. The van der Waals surface area contributed by atoms with Gasteiger partial charge in [0.25, 0.3) is 0 Å². The van der Waals surface area contributed by atoms with Gasteiger partial charge in [-0.25, -0.2) is 0 Å². The second-order valence-corrected chi connectivity index (χ2v) is 4.63. The van der Waals surface area contributed by atoms with E-state index in [2.05, 4.69) is 6.92 Å². The van der Waals surface area contributed by atoms with Crippen molar-refractivity contribution in [3.05, 3.63) is 28.8 Å². The maximum absolute atomic E-state index is 10.1. The Morgan fingerprint density at radius 3 is 2.71 bits per heavy atom. The van der Waals surface area contributed by atoms with Crippen LogP contribution in [0, 0.1) is 0 Å². The number of aliphatic hydroxyl groups excluding tert-OH is 1. The molecule has 0 aromatic heterocycles. The Kier molecular flexibility index (Phi) is 6.38. The molecule has 0 amide bonds. The van der Waals surface area contributed by atoms with Crippen molar-refractivity contribution in [3.8, 4) is 5.75 Å². The van der Waals surface area contributed by atoms with E-state index in [4.69, 9.17) is 16.3 Å². The molecule has 0 fully saturated rings. The van der Waals surface area contributed by atoms with Gasteiger partial charge in [0.15, 0.2) is 0 Å². The number of ether oxygens (including phenoxy) is 1. The zero-order valence-electron chi connectivity index (χ0n) is 10.6. The predicted octanol–water partition coefficient (Wildman–Crippen LogP) is 4.35. The molecule has 0 aliphatic heterocycles. The molecular formula is C14H21ClO2. The SMILES string of the molecule is CCCCCCC(O)c1c(Cl)cccc1OC. The monoisotopic (exact) mass is 256 g/mol. The minimum Gasteiger partial charge on any atom is -0.496 e. The summed E-state index contributed by atoms with van der Waals surface area (Å²) in [5.74, 6) is 0.667. The van der Waals surface area contributed by atoms with Crippen LogP contribution in [0.3, 0.4) is 0 Å². The molecule has 1 rings (SSSR count). The summed E-state index contributed by atoms with van der Waals surface area (Å²) in [6.07, 6.45) is 4.79. The van der Waals surface area contributed by atoms with Crippen LogP contribution in [0.1, 0.15) is 50.7 Å². The first-order valence-electron chi connectivity index (χ1n) is 6.21. The second kappa shape index (κ2) is 7.57. The average molecular weight is 257 g/mol. The standard InChI is InChI=1S/C14H21ClO2/c1-3-4-5-6-9-12(16)14-11(15)8-7-10-13(14)17-2/h7-8,10,12,16H,3-6,9H2,1-2H3. The van der Waals surface area contributed by atoms with Gasteiger partial charge >= 0.3 is 0 Å². The third-order valence-corrected chi connectivity index (χ3v) is 3.23. The summed E-state index contributed by atoms with van der Waals surface area (Å²) < 4.78 is 5.23. The van der Waals surface area contributed by atoms with Crippen molar-refractivity contribution in [1.82, 2.24) is 0 Å². The molecule has 0 spiro atoms. The van der Waals surface area contributed by atoms with Crippen molar-refractivity contribution >= 4 is 11.6 Å². The number of hydrogen-bond donors (Lipinski definition) is 1. The Morgan fingerprint density at radius 1 is 1.29 bits per heavy atom. The minimum absolute atomic E-state index is 0.532. The lowest BCUT2D eigenvalue weighted by Gasteiger charge is -2.16. The number of benzene rings is 1. The van der Waals surface area contributed by atoms with E-state index in [1.807, 2.05) is 12.1 Å². The van der Waals surface area contributed by atoms with Crippen molar-refractivity contribution in [2.45, 2.75) is 45.1 Å². The van der Waals surface area contributed by atoms with Gasteiger partial charge in [0.2, 0.25) is 0 Å². The molecule has 1 aromatic rings. The normalized spacial score (nSPS) is 12.5. The van der Waals surface area contributed by atoms with E-state index < -0.39 is 6.10 Å². The molecule has 0 saturated heterocycles. The molecule has 0 aliphatic carbocycles. The van der Waals surface area contributed by atoms with Gasteiger partial charge in [-0.15, -0.1) is 0 Å². The van der Waals surface area contributed by atoms with Crippen molar-refractivity contribution in [1.29, 1.82) is 0 Å². The summed E-state index contributed by atoms with van der Waals surface area (Å²) in [6.45, 7) is 2.17. The van der Waals surface area contributed by atoms with Crippen LogP contribution in [0.5, 0.6) is 5.75 Å². The number of rotatable bonds is 7. The Labute approximate surface area is 109 Å². The van der Waals surface area contributed by atoms with Crippen molar-refractivity contribution in [2.75, 3.05) is 7.11 Å². The fourth-order valence-electron chi connectivity index (χ4n) is 1.93. The maximum Gasteiger partial charge on any atom is 0.126 e. The number of hydrogen-bond acceptors (Lipinski definition) is 2. The summed E-state index contributed by atoms with van der Waals surface area (Å²) >= 11 is 6.10. The first kappa shape index (κ1) is 14.3. The van der Waals surface area contributed by atoms with Gasteiger partial charge in [-0.1, -0.05) is 50.3 Å². The topological polar surface area (TPSA) is 29.5 Å². The third kappa shape index (κ3) is 4.21. The predicted molar refractivity (Wildman–Crippen MR) is 71.7 cm³/mol. The van der Waals surface area contributed by atoms with Crippen LogP contribution in [0.2, 0.25) is 5.02 Å². The summed E-state index contributed by atoms with van der Waals surface area (Å²) in [5, 5.41) is 10.7. The van der Waals surface area contributed by atoms with Crippen LogP contribution in [-0.2, 0) is 0 Å². The van der Waals surface area contributed by atoms with Gasteiger partial charge in [-0.3, -0.25) is 0 Å². The lowest BCUT2D eigenvalue weighted by atomic mass is 10.0. The smallest absolute Gasteiger partial charge is 0.126 e. The van der Waals surface area contributed by atoms with Crippen molar-refractivity contribution in [3.63, 3.8) is 0 Å². The molecule has 0 radical (unpaired) electrons. The van der Waals surface area contributed by atoms with Gasteiger partial charge < -0.3 is 9.84 Å². The number of aliphatic hydroxyl groups is 1. The van der Waals surface area contributed by atoms with E-state index >= 15 is 0 Å². The highest BCUT2D eigenvalue weighted by molar-refractivity contribution is 6.31. The van der Waals surface area contributed by atoms with E-state index in [-0.39, 0.29) is 0 Å². The minimum atomic E-state index is -0.532. The van der Waals surface area contributed by atoms with Crippen LogP contribution in [0.15, 0.2) is 18.2 Å². The molecule has 1 atom stereocenters. The van der Waals surface area contributed by atoms with Gasteiger partial charge in [-0.2, -0.15) is 0 Å². The molecule has 1 aromatic carbocycles. The fraction of sp³-hybridized carbons (Fsp3) is 0.571. The van der Waals surface area contributed by atoms with Gasteiger partial charge in [0, 0.05) is 5.56 Å². The van der Waals surface area contributed by atoms with Crippen LogP contribution in [0.25, 0.3) is 0 Å². The first-order valence-corrected chi connectivity index (χ1v) is 6.59. The molecule has 96 valence electrons. The molecular weight excluding hydrogens is 236 g/mol. The van der Waals surface area contributed by atoms with Gasteiger partial charge in [-0.05, 0) is 18.6 Å². The Bertz CT molecular complexity index is 339. The summed E-state index contributed by atoms with van der Waals surface area (Å²) in [6, 6.07) is 5.44. The highest BCUT2D eigenvalue weighted by Crippen LogP contribution is 2.34. The molecule has 1 unspecified atom stereocenters. The number of methoxy groups -OCH3 is 1. The number of unbranched alkanes of at least 4 members (excludes halogenated alkanes) is 3. The highest BCUT2D eigenvalue weighted by atomic mass is 35.5. The third-order valence-electron chi connectivity index (χ3n) is 2.90. The Hall–Kier alpha value is -0.730. The molecule has 0 saturated carbocycles. The number of halogens is 1. The van der Waals surface area contributed by atoms with Crippen LogP contribution in [0.4, 0.5) is 0 Å². The molecule has 0 aliphatic rings. The largest absolute Gasteiger partial charge is 0.496 e.